The average molecular weight is 278 g/mol. The van der Waals surface area contributed by atoms with Gasteiger partial charge in [-0.25, -0.2) is 4.79 Å². The highest BCUT2D eigenvalue weighted by Crippen LogP contribution is 2.06. The molecule has 20 heavy (non-hydrogen) atoms. The van der Waals surface area contributed by atoms with Crippen LogP contribution in [0.4, 0.5) is 0 Å². The zero-order valence-electron chi connectivity index (χ0n) is 11.9. The fourth-order valence-electron chi connectivity index (χ4n) is 1.94. The molecule has 1 amide bonds. The Morgan fingerprint density at radius 1 is 1.25 bits per heavy atom. The predicted molar refractivity (Wildman–Crippen MR) is 77.1 cm³/mol. The summed E-state index contributed by atoms with van der Waals surface area (Å²) < 4.78 is 0. The number of carboxylic acids is 1. The van der Waals surface area contributed by atoms with E-state index in [1.165, 1.54) is 0 Å². The van der Waals surface area contributed by atoms with Crippen molar-refractivity contribution < 1.29 is 14.7 Å². The van der Waals surface area contributed by atoms with E-state index in [1.807, 2.05) is 44.2 Å². The molecule has 0 aliphatic carbocycles. The highest BCUT2D eigenvalue weighted by atomic mass is 16.4. The zero-order valence-corrected chi connectivity index (χ0v) is 11.9. The van der Waals surface area contributed by atoms with E-state index in [1.54, 1.807) is 0 Å². The summed E-state index contributed by atoms with van der Waals surface area (Å²) in [7, 11) is 0. The molecule has 0 aliphatic heterocycles. The van der Waals surface area contributed by atoms with Crippen molar-refractivity contribution in [1.82, 2.24) is 5.32 Å². The van der Waals surface area contributed by atoms with E-state index >= 15 is 0 Å². The largest absolute Gasteiger partial charge is 0.480 e. The van der Waals surface area contributed by atoms with E-state index in [0.717, 1.165) is 5.56 Å². The van der Waals surface area contributed by atoms with Gasteiger partial charge in [-0.1, -0.05) is 44.2 Å². The molecule has 0 radical (unpaired) electrons. The molecule has 1 aromatic carbocycles. The van der Waals surface area contributed by atoms with E-state index < -0.39 is 24.0 Å². The van der Waals surface area contributed by atoms with Crippen LogP contribution in [0.3, 0.4) is 0 Å². The predicted octanol–water partition coefficient (Wildman–Crippen LogP) is 1.17. The molecule has 0 bridgehead atoms. The van der Waals surface area contributed by atoms with Crippen molar-refractivity contribution in [3.8, 4) is 0 Å². The van der Waals surface area contributed by atoms with Crippen molar-refractivity contribution in [2.24, 2.45) is 11.7 Å². The first-order valence-electron chi connectivity index (χ1n) is 6.72. The standard InChI is InChI=1S/C15H22N2O3/c1-10(2)8-12(16)14(18)17-13(15(19)20)9-11-6-4-3-5-7-11/h3-7,10,12-13H,8-9,16H2,1-2H3,(H,17,18)(H,19,20). The lowest BCUT2D eigenvalue weighted by atomic mass is 10.0. The SMILES string of the molecule is CC(C)CC(N)C(=O)NC(Cc1ccccc1)C(=O)O. The number of amides is 1. The summed E-state index contributed by atoms with van der Waals surface area (Å²) in [5, 5.41) is 11.7. The highest BCUT2D eigenvalue weighted by Gasteiger charge is 2.23. The number of hydrogen-bond donors (Lipinski definition) is 3. The fourth-order valence-corrected chi connectivity index (χ4v) is 1.94. The van der Waals surface area contributed by atoms with E-state index in [9.17, 15) is 14.7 Å². The molecular weight excluding hydrogens is 256 g/mol. The van der Waals surface area contributed by atoms with Gasteiger partial charge in [0.2, 0.25) is 5.91 Å². The van der Waals surface area contributed by atoms with Crippen molar-refractivity contribution in [1.29, 1.82) is 0 Å². The number of carbonyl (C=O) groups excluding carboxylic acids is 1. The first kappa shape index (κ1) is 16.2. The zero-order chi connectivity index (χ0) is 15.1. The second kappa shape index (κ2) is 7.65. The minimum Gasteiger partial charge on any atom is -0.480 e. The summed E-state index contributed by atoms with van der Waals surface area (Å²) in [6.07, 6.45) is 0.778. The molecule has 0 saturated heterocycles. The molecule has 0 heterocycles. The number of hydrogen-bond acceptors (Lipinski definition) is 3. The number of carbonyl (C=O) groups is 2. The summed E-state index contributed by atoms with van der Waals surface area (Å²) in [5.74, 6) is -1.19. The van der Waals surface area contributed by atoms with Gasteiger partial charge in [-0.3, -0.25) is 4.79 Å². The smallest absolute Gasteiger partial charge is 0.326 e. The second-order valence-corrected chi connectivity index (χ2v) is 5.33. The van der Waals surface area contributed by atoms with E-state index in [0.29, 0.717) is 6.42 Å². The summed E-state index contributed by atoms with van der Waals surface area (Å²) >= 11 is 0. The van der Waals surface area contributed by atoms with Gasteiger partial charge in [0.1, 0.15) is 6.04 Å². The number of aliphatic carboxylic acids is 1. The van der Waals surface area contributed by atoms with Gasteiger partial charge in [0.25, 0.3) is 0 Å². The molecule has 1 rings (SSSR count). The van der Waals surface area contributed by atoms with Crippen LogP contribution in [0.2, 0.25) is 0 Å². The van der Waals surface area contributed by atoms with Crippen molar-refractivity contribution in [2.45, 2.75) is 38.8 Å². The molecule has 4 N–H and O–H groups in total. The molecule has 110 valence electrons. The molecule has 0 spiro atoms. The summed E-state index contributed by atoms with van der Waals surface area (Å²) in [5.41, 5.74) is 6.61. The lowest BCUT2D eigenvalue weighted by molar-refractivity contribution is -0.142. The second-order valence-electron chi connectivity index (χ2n) is 5.33. The highest BCUT2D eigenvalue weighted by molar-refractivity contribution is 5.86. The quantitative estimate of drug-likeness (QED) is 0.698. The molecule has 2 atom stereocenters. The lowest BCUT2D eigenvalue weighted by Crippen LogP contribution is -2.49. The summed E-state index contributed by atoms with van der Waals surface area (Å²) in [6, 6.07) is 7.56. The minimum absolute atomic E-state index is 0.246. The van der Waals surface area contributed by atoms with Crippen molar-refractivity contribution in [3.05, 3.63) is 35.9 Å². The summed E-state index contributed by atoms with van der Waals surface area (Å²) in [6.45, 7) is 3.93. The van der Waals surface area contributed by atoms with Crippen LogP contribution in [0.5, 0.6) is 0 Å². The molecule has 5 nitrogen and oxygen atoms in total. The van der Waals surface area contributed by atoms with E-state index in [-0.39, 0.29) is 12.3 Å². The topological polar surface area (TPSA) is 92.4 Å². The molecule has 0 fully saturated rings. The Kier molecular flexibility index (Phi) is 6.18. The van der Waals surface area contributed by atoms with Crippen LogP contribution in [0.15, 0.2) is 30.3 Å². The van der Waals surface area contributed by atoms with Gasteiger partial charge in [-0.2, -0.15) is 0 Å². The van der Waals surface area contributed by atoms with Crippen molar-refractivity contribution in [2.75, 3.05) is 0 Å². The Balaban J connectivity index is 2.64. The van der Waals surface area contributed by atoms with Crippen LogP contribution in [-0.2, 0) is 16.0 Å². The van der Waals surface area contributed by atoms with Crippen LogP contribution in [0.25, 0.3) is 0 Å². The minimum atomic E-state index is -1.06. The molecular formula is C15H22N2O3. The number of rotatable bonds is 7. The van der Waals surface area contributed by atoms with Crippen molar-refractivity contribution >= 4 is 11.9 Å². The molecule has 2 unspecified atom stereocenters. The van der Waals surface area contributed by atoms with Crippen LogP contribution in [-0.4, -0.2) is 29.1 Å². The average Bonchev–Trinajstić information content (AvgIpc) is 2.38. The number of carboxylic acid groups (broad SMARTS) is 1. The molecule has 1 aromatic rings. The van der Waals surface area contributed by atoms with Crippen LogP contribution in [0.1, 0.15) is 25.8 Å². The molecule has 0 saturated carbocycles. The van der Waals surface area contributed by atoms with E-state index in [2.05, 4.69) is 5.32 Å². The van der Waals surface area contributed by atoms with Crippen molar-refractivity contribution in [3.63, 3.8) is 0 Å². The monoisotopic (exact) mass is 278 g/mol. The number of nitrogens with one attached hydrogen (secondary N) is 1. The van der Waals surface area contributed by atoms with Gasteiger partial charge in [-0.15, -0.1) is 0 Å². The maximum Gasteiger partial charge on any atom is 0.326 e. The summed E-state index contributed by atoms with van der Waals surface area (Å²) in [4.78, 5) is 23.1. The van der Waals surface area contributed by atoms with Gasteiger partial charge < -0.3 is 16.2 Å². The first-order valence-corrected chi connectivity index (χ1v) is 6.72. The van der Waals surface area contributed by atoms with Gasteiger partial charge in [0.05, 0.1) is 6.04 Å². The van der Waals surface area contributed by atoms with Crippen LogP contribution in [0, 0.1) is 5.92 Å². The Morgan fingerprint density at radius 3 is 2.35 bits per heavy atom. The Morgan fingerprint density at radius 2 is 1.85 bits per heavy atom. The molecule has 0 aromatic heterocycles. The van der Waals surface area contributed by atoms with Gasteiger partial charge >= 0.3 is 5.97 Å². The number of nitrogens with two attached hydrogens (primary N) is 1. The third-order valence-corrected chi connectivity index (χ3v) is 2.96. The number of benzene rings is 1. The third kappa shape index (κ3) is 5.40. The lowest BCUT2D eigenvalue weighted by Gasteiger charge is -2.19. The molecule has 5 heteroatoms. The van der Waals surface area contributed by atoms with Crippen LogP contribution >= 0.6 is 0 Å². The van der Waals surface area contributed by atoms with Gasteiger partial charge in [-0.05, 0) is 17.9 Å². The van der Waals surface area contributed by atoms with Gasteiger partial charge in [0, 0.05) is 6.42 Å². The normalized spacial score (nSPS) is 13.8. The van der Waals surface area contributed by atoms with E-state index in [4.69, 9.17) is 5.73 Å². The maximum absolute atomic E-state index is 11.9. The first-order chi connectivity index (χ1) is 9.40. The Hall–Kier alpha value is -1.88. The maximum atomic E-state index is 11.9. The Bertz CT molecular complexity index is 446. The molecule has 0 aliphatic rings. The Labute approximate surface area is 119 Å². The van der Waals surface area contributed by atoms with Gasteiger partial charge in [0.15, 0.2) is 0 Å². The van der Waals surface area contributed by atoms with Crippen LogP contribution < -0.4 is 11.1 Å². The third-order valence-electron chi connectivity index (χ3n) is 2.96. The fraction of sp³-hybridized carbons (Fsp3) is 0.467.